The number of nitrogens with zero attached hydrogens (tertiary/aromatic N) is 1. The van der Waals surface area contributed by atoms with Gasteiger partial charge in [0.05, 0.1) is 7.11 Å². The van der Waals surface area contributed by atoms with E-state index in [-0.39, 0.29) is 5.82 Å². The molecule has 2 N–H and O–H groups in total. The smallest absolute Gasteiger partial charge is 0.123 e. The first-order chi connectivity index (χ1) is 9.63. The van der Waals surface area contributed by atoms with E-state index >= 15 is 0 Å². The van der Waals surface area contributed by atoms with Gasteiger partial charge < -0.3 is 15.4 Å². The van der Waals surface area contributed by atoms with Crippen LogP contribution in [0, 0.1) is 5.82 Å². The van der Waals surface area contributed by atoms with Crippen LogP contribution in [0.5, 0.6) is 5.75 Å². The van der Waals surface area contributed by atoms with Crippen molar-refractivity contribution in [2.45, 2.75) is 13.1 Å². The van der Waals surface area contributed by atoms with E-state index in [0.29, 0.717) is 13.1 Å². The minimum Gasteiger partial charge on any atom is -0.497 e. The third-order valence-corrected chi connectivity index (χ3v) is 3.29. The number of halogens is 1. The van der Waals surface area contributed by atoms with E-state index in [1.807, 2.05) is 31.3 Å². The molecule has 0 fully saturated rings. The van der Waals surface area contributed by atoms with Gasteiger partial charge in [-0.3, -0.25) is 0 Å². The third kappa shape index (κ3) is 3.27. The molecule has 0 amide bonds. The highest BCUT2D eigenvalue weighted by Crippen LogP contribution is 2.22. The van der Waals surface area contributed by atoms with E-state index in [4.69, 9.17) is 10.5 Å². The second-order valence-corrected chi connectivity index (χ2v) is 4.67. The number of hydrogen-bond donors (Lipinski definition) is 1. The average molecular weight is 274 g/mol. The fourth-order valence-electron chi connectivity index (χ4n) is 2.13. The van der Waals surface area contributed by atoms with Crippen LogP contribution in [0.1, 0.15) is 11.1 Å². The Kier molecular flexibility index (Phi) is 4.58. The molecule has 0 aliphatic carbocycles. The molecular formula is C16H19FN2O. The minimum absolute atomic E-state index is 0.252. The van der Waals surface area contributed by atoms with Crippen LogP contribution in [0.15, 0.2) is 42.5 Å². The summed E-state index contributed by atoms with van der Waals surface area (Å²) in [6.07, 6.45) is 0. The number of hydrogen-bond acceptors (Lipinski definition) is 3. The zero-order valence-electron chi connectivity index (χ0n) is 11.8. The average Bonchev–Trinajstić information content (AvgIpc) is 2.49. The van der Waals surface area contributed by atoms with Gasteiger partial charge in [0.25, 0.3) is 0 Å². The molecule has 0 bridgehead atoms. The fraction of sp³-hybridized carbons (Fsp3) is 0.250. The van der Waals surface area contributed by atoms with E-state index in [0.717, 1.165) is 22.6 Å². The van der Waals surface area contributed by atoms with Crippen molar-refractivity contribution in [3.63, 3.8) is 0 Å². The predicted octanol–water partition coefficient (Wildman–Crippen LogP) is 2.93. The summed E-state index contributed by atoms with van der Waals surface area (Å²) in [7, 11) is 3.63. The molecule has 0 atom stereocenters. The van der Waals surface area contributed by atoms with Crippen LogP contribution in [0.3, 0.4) is 0 Å². The van der Waals surface area contributed by atoms with Gasteiger partial charge in [-0.15, -0.1) is 0 Å². The van der Waals surface area contributed by atoms with Gasteiger partial charge in [0.15, 0.2) is 0 Å². The van der Waals surface area contributed by atoms with Gasteiger partial charge in [-0.1, -0.05) is 12.1 Å². The van der Waals surface area contributed by atoms with Crippen LogP contribution < -0.4 is 15.4 Å². The van der Waals surface area contributed by atoms with Crippen molar-refractivity contribution in [3.05, 3.63) is 59.4 Å². The summed E-state index contributed by atoms with van der Waals surface area (Å²) in [5, 5.41) is 0. The highest BCUT2D eigenvalue weighted by molar-refractivity contribution is 5.51. The largest absolute Gasteiger partial charge is 0.497 e. The summed E-state index contributed by atoms with van der Waals surface area (Å²) in [5.74, 6) is 0.561. The van der Waals surface area contributed by atoms with E-state index in [2.05, 4.69) is 4.90 Å². The molecule has 20 heavy (non-hydrogen) atoms. The van der Waals surface area contributed by atoms with Gasteiger partial charge in [-0.25, -0.2) is 4.39 Å². The van der Waals surface area contributed by atoms with Crippen LogP contribution in [0.25, 0.3) is 0 Å². The van der Waals surface area contributed by atoms with Crippen LogP contribution in [0.4, 0.5) is 10.1 Å². The second kappa shape index (κ2) is 6.39. The van der Waals surface area contributed by atoms with Gasteiger partial charge in [0.1, 0.15) is 11.6 Å². The molecule has 0 radical (unpaired) electrons. The molecule has 0 aromatic heterocycles. The van der Waals surface area contributed by atoms with Crippen LogP contribution in [-0.2, 0) is 13.1 Å². The molecule has 0 spiro atoms. The Labute approximate surface area is 118 Å². The fourth-order valence-corrected chi connectivity index (χ4v) is 2.13. The minimum atomic E-state index is -0.252. The summed E-state index contributed by atoms with van der Waals surface area (Å²) < 4.78 is 18.4. The normalized spacial score (nSPS) is 10.4. The monoisotopic (exact) mass is 274 g/mol. The van der Waals surface area contributed by atoms with Crippen LogP contribution >= 0.6 is 0 Å². The predicted molar refractivity (Wildman–Crippen MR) is 79.4 cm³/mol. The molecule has 3 nitrogen and oxygen atoms in total. The molecule has 0 saturated heterocycles. The molecular weight excluding hydrogens is 255 g/mol. The molecule has 106 valence electrons. The van der Waals surface area contributed by atoms with Crippen molar-refractivity contribution in [1.29, 1.82) is 0 Å². The lowest BCUT2D eigenvalue weighted by molar-refractivity contribution is 0.415. The molecule has 0 aliphatic rings. The summed E-state index contributed by atoms with van der Waals surface area (Å²) in [4.78, 5) is 2.08. The zero-order valence-corrected chi connectivity index (χ0v) is 11.8. The van der Waals surface area contributed by atoms with Crippen molar-refractivity contribution >= 4 is 5.69 Å². The molecule has 0 heterocycles. The number of nitrogens with two attached hydrogens (primary N) is 1. The lowest BCUT2D eigenvalue weighted by Gasteiger charge is -2.21. The Hall–Kier alpha value is -2.07. The Morgan fingerprint density at radius 1 is 1.15 bits per heavy atom. The lowest BCUT2D eigenvalue weighted by Crippen LogP contribution is -2.18. The number of methoxy groups -OCH3 is 1. The van der Waals surface area contributed by atoms with Gasteiger partial charge in [0.2, 0.25) is 0 Å². The summed E-state index contributed by atoms with van der Waals surface area (Å²) in [6, 6.07) is 12.6. The molecule has 4 heteroatoms. The van der Waals surface area contributed by atoms with E-state index < -0.39 is 0 Å². The SMILES string of the molecule is COc1cccc(N(C)Cc2ccc(F)cc2CN)c1. The van der Waals surface area contributed by atoms with Gasteiger partial charge >= 0.3 is 0 Å². The highest BCUT2D eigenvalue weighted by atomic mass is 19.1. The van der Waals surface area contributed by atoms with E-state index in [1.54, 1.807) is 13.2 Å². The second-order valence-electron chi connectivity index (χ2n) is 4.67. The number of benzene rings is 2. The van der Waals surface area contributed by atoms with Gasteiger partial charge in [-0.2, -0.15) is 0 Å². The van der Waals surface area contributed by atoms with Crippen molar-refractivity contribution < 1.29 is 9.13 Å². The van der Waals surface area contributed by atoms with Crippen molar-refractivity contribution in [3.8, 4) is 5.75 Å². The standard InChI is InChI=1S/C16H19FN2O/c1-19(15-4-3-5-16(9-15)20-2)11-12-6-7-14(17)8-13(12)10-18/h3-9H,10-11,18H2,1-2H3. The van der Waals surface area contributed by atoms with Crippen LogP contribution in [-0.4, -0.2) is 14.2 Å². The zero-order chi connectivity index (χ0) is 14.5. The molecule has 2 aromatic carbocycles. The third-order valence-electron chi connectivity index (χ3n) is 3.29. The molecule has 0 saturated carbocycles. The number of anilines is 1. The van der Waals surface area contributed by atoms with Crippen molar-refractivity contribution in [1.82, 2.24) is 0 Å². The molecule has 2 aromatic rings. The van der Waals surface area contributed by atoms with Gasteiger partial charge in [0, 0.05) is 31.9 Å². The first kappa shape index (κ1) is 14.3. The molecule has 0 aliphatic heterocycles. The maximum atomic E-state index is 13.2. The van der Waals surface area contributed by atoms with Crippen molar-refractivity contribution in [2.75, 3.05) is 19.1 Å². The Bertz CT molecular complexity index is 586. The Balaban J connectivity index is 2.20. The highest BCUT2D eigenvalue weighted by Gasteiger charge is 2.07. The topological polar surface area (TPSA) is 38.5 Å². The number of rotatable bonds is 5. The first-order valence-electron chi connectivity index (χ1n) is 6.46. The first-order valence-corrected chi connectivity index (χ1v) is 6.46. The maximum absolute atomic E-state index is 13.2. The summed E-state index contributed by atoms with van der Waals surface area (Å²) >= 11 is 0. The maximum Gasteiger partial charge on any atom is 0.123 e. The van der Waals surface area contributed by atoms with Gasteiger partial charge in [-0.05, 0) is 35.4 Å². The molecule has 2 rings (SSSR count). The number of ether oxygens (including phenoxy) is 1. The summed E-state index contributed by atoms with van der Waals surface area (Å²) in [6.45, 7) is 0.999. The van der Waals surface area contributed by atoms with E-state index in [9.17, 15) is 4.39 Å². The quantitative estimate of drug-likeness (QED) is 0.911. The Morgan fingerprint density at radius 2 is 1.95 bits per heavy atom. The summed E-state index contributed by atoms with van der Waals surface area (Å²) in [5.41, 5.74) is 8.57. The van der Waals surface area contributed by atoms with Crippen molar-refractivity contribution in [2.24, 2.45) is 5.73 Å². The van der Waals surface area contributed by atoms with E-state index in [1.165, 1.54) is 12.1 Å². The Morgan fingerprint density at radius 3 is 2.65 bits per heavy atom. The molecule has 0 unspecified atom stereocenters. The lowest BCUT2D eigenvalue weighted by atomic mass is 10.1. The van der Waals surface area contributed by atoms with Crippen LogP contribution in [0.2, 0.25) is 0 Å².